The van der Waals surface area contributed by atoms with E-state index in [0.29, 0.717) is 15.8 Å². The van der Waals surface area contributed by atoms with Crippen LogP contribution in [0, 0.1) is 0 Å². The number of hydrogen-bond donors (Lipinski definition) is 1. The molecule has 1 aromatic carbocycles. The molecular formula is C16H19Cl2NO5. The van der Waals surface area contributed by atoms with Crippen LogP contribution in [0.4, 0.5) is 4.79 Å². The van der Waals surface area contributed by atoms with Crippen molar-refractivity contribution in [1.82, 2.24) is 4.90 Å². The molecule has 2 rings (SSSR count). The zero-order valence-corrected chi connectivity index (χ0v) is 15.1. The zero-order chi connectivity index (χ0) is 18.1. The molecule has 0 bridgehead atoms. The number of amides is 1. The first-order chi connectivity index (χ1) is 11.1. The Kier molecular flexibility index (Phi) is 5.50. The van der Waals surface area contributed by atoms with Crippen LogP contribution in [0.15, 0.2) is 18.2 Å². The molecule has 1 fully saturated rings. The third-order valence-electron chi connectivity index (χ3n) is 3.36. The van der Waals surface area contributed by atoms with E-state index in [2.05, 4.69) is 0 Å². The number of carboxylic acid groups (broad SMARTS) is 1. The highest BCUT2D eigenvalue weighted by Gasteiger charge is 2.42. The van der Waals surface area contributed by atoms with Crippen LogP contribution in [-0.4, -0.2) is 46.4 Å². The highest BCUT2D eigenvalue weighted by Crippen LogP contribution is 2.31. The number of likely N-dealkylation sites (tertiary alicyclic amines) is 1. The van der Waals surface area contributed by atoms with Gasteiger partial charge in [0.1, 0.15) is 23.5 Å². The van der Waals surface area contributed by atoms with E-state index >= 15 is 0 Å². The van der Waals surface area contributed by atoms with Gasteiger partial charge in [0.05, 0.1) is 11.6 Å². The van der Waals surface area contributed by atoms with Crippen LogP contribution < -0.4 is 4.74 Å². The number of carbonyl (C=O) groups is 2. The smallest absolute Gasteiger partial charge is 0.411 e. The largest absolute Gasteiger partial charge is 0.487 e. The van der Waals surface area contributed by atoms with E-state index in [0.717, 1.165) is 0 Å². The van der Waals surface area contributed by atoms with Crippen molar-refractivity contribution in [3.63, 3.8) is 0 Å². The molecular weight excluding hydrogens is 357 g/mol. The van der Waals surface area contributed by atoms with E-state index in [-0.39, 0.29) is 13.0 Å². The van der Waals surface area contributed by atoms with Crippen LogP contribution in [-0.2, 0) is 9.53 Å². The summed E-state index contributed by atoms with van der Waals surface area (Å²) >= 11 is 11.9. The van der Waals surface area contributed by atoms with Crippen molar-refractivity contribution in [1.29, 1.82) is 0 Å². The Labute approximate surface area is 150 Å². The van der Waals surface area contributed by atoms with Crippen molar-refractivity contribution < 1.29 is 24.2 Å². The number of carboxylic acids is 1. The first-order valence-corrected chi connectivity index (χ1v) is 8.16. The number of halogens is 2. The number of aliphatic carboxylic acids is 1. The summed E-state index contributed by atoms with van der Waals surface area (Å²) < 4.78 is 11.0. The molecule has 1 aliphatic heterocycles. The summed E-state index contributed by atoms with van der Waals surface area (Å²) in [5, 5.41) is 10.2. The summed E-state index contributed by atoms with van der Waals surface area (Å²) in [6.07, 6.45) is -1.03. The normalized spacial score (nSPS) is 20.8. The molecule has 1 aromatic rings. The van der Waals surface area contributed by atoms with Gasteiger partial charge < -0.3 is 14.6 Å². The van der Waals surface area contributed by atoms with E-state index in [1.807, 2.05) is 0 Å². The highest BCUT2D eigenvalue weighted by atomic mass is 35.5. The molecule has 132 valence electrons. The van der Waals surface area contributed by atoms with Gasteiger partial charge in [0.2, 0.25) is 0 Å². The van der Waals surface area contributed by atoms with Crippen LogP contribution >= 0.6 is 23.2 Å². The lowest BCUT2D eigenvalue weighted by molar-refractivity contribution is -0.142. The van der Waals surface area contributed by atoms with Gasteiger partial charge in [0, 0.05) is 11.4 Å². The van der Waals surface area contributed by atoms with Gasteiger partial charge >= 0.3 is 12.1 Å². The predicted octanol–water partition coefficient (Wildman–Crippen LogP) is 3.83. The van der Waals surface area contributed by atoms with E-state index in [4.69, 9.17) is 32.7 Å². The van der Waals surface area contributed by atoms with E-state index in [1.165, 1.54) is 11.0 Å². The Hall–Kier alpha value is -1.66. The van der Waals surface area contributed by atoms with E-state index in [1.54, 1.807) is 32.9 Å². The Balaban J connectivity index is 2.11. The molecule has 6 nitrogen and oxygen atoms in total. The molecule has 1 N–H and O–H groups in total. The molecule has 0 radical (unpaired) electrons. The number of carbonyl (C=O) groups excluding carboxylic acids is 1. The quantitative estimate of drug-likeness (QED) is 0.868. The fourth-order valence-electron chi connectivity index (χ4n) is 2.39. The summed E-state index contributed by atoms with van der Waals surface area (Å²) in [4.78, 5) is 24.8. The standard InChI is InChI=1S/C16H19Cl2NO5/c1-16(2,3)24-15(22)19-8-10(7-12(19)14(20)21)23-13-5-4-9(17)6-11(13)18/h4-6,10,12H,7-8H2,1-3H3,(H,20,21). The molecule has 2 unspecified atom stereocenters. The van der Waals surface area contributed by atoms with Crippen molar-refractivity contribution in [3.8, 4) is 5.75 Å². The molecule has 0 spiro atoms. The van der Waals surface area contributed by atoms with E-state index in [9.17, 15) is 14.7 Å². The summed E-state index contributed by atoms with van der Waals surface area (Å²) in [7, 11) is 0. The Morgan fingerprint density at radius 3 is 2.50 bits per heavy atom. The van der Waals surface area contributed by atoms with Gasteiger partial charge in [0.15, 0.2) is 0 Å². The van der Waals surface area contributed by atoms with Crippen molar-refractivity contribution in [2.24, 2.45) is 0 Å². The number of nitrogens with zero attached hydrogens (tertiary/aromatic N) is 1. The van der Waals surface area contributed by atoms with Crippen molar-refractivity contribution >= 4 is 35.3 Å². The minimum absolute atomic E-state index is 0.102. The molecule has 2 atom stereocenters. The maximum Gasteiger partial charge on any atom is 0.411 e. The summed E-state index contributed by atoms with van der Waals surface area (Å²) in [5.74, 6) is -0.713. The average Bonchev–Trinajstić information content (AvgIpc) is 2.84. The van der Waals surface area contributed by atoms with Crippen LogP contribution in [0.3, 0.4) is 0 Å². The second-order valence-corrected chi connectivity index (χ2v) is 7.38. The molecule has 1 aliphatic rings. The number of ether oxygens (including phenoxy) is 2. The first kappa shape index (κ1) is 18.7. The third-order valence-corrected chi connectivity index (χ3v) is 3.89. The molecule has 0 saturated carbocycles. The van der Waals surface area contributed by atoms with Crippen LogP contribution in [0.1, 0.15) is 27.2 Å². The second kappa shape index (κ2) is 7.07. The average molecular weight is 376 g/mol. The van der Waals surface area contributed by atoms with Gasteiger partial charge in [-0.1, -0.05) is 23.2 Å². The predicted molar refractivity (Wildman–Crippen MR) is 89.9 cm³/mol. The minimum Gasteiger partial charge on any atom is -0.487 e. The van der Waals surface area contributed by atoms with Gasteiger partial charge in [-0.05, 0) is 39.0 Å². The van der Waals surface area contributed by atoms with Crippen molar-refractivity contribution in [2.45, 2.75) is 44.9 Å². The maximum atomic E-state index is 12.2. The van der Waals surface area contributed by atoms with Gasteiger partial charge in [0.25, 0.3) is 0 Å². The molecule has 1 amide bonds. The van der Waals surface area contributed by atoms with Gasteiger partial charge in [-0.2, -0.15) is 0 Å². The van der Waals surface area contributed by atoms with Gasteiger partial charge in [-0.15, -0.1) is 0 Å². The summed E-state index contributed by atoms with van der Waals surface area (Å²) in [5.41, 5.74) is -0.710. The monoisotopic (exact) mass is 375 g/mol. The maximum absolute atomic E-state index is 12.2. The van der Waals surface area contributed by atoms with Crippen molar-refractivity contribution in [2.75, 3.05) is 6.54 Å². The first-order valence-electron chi connectivity index (χ1n) is 7.41. The molecule has 8 heteroatoms. The molecule has 24 heavy (non-hydrogen) atoms. The lowest BCUT2D eigenvalue weighted by atomic mass is 10.2. The van der Waals surface area contributed by atoms with Crippen LogP contribution in [0.25, 0.3) is 0 Å². The lowest BCUT2D eigenvalue weighted by Crippen LogP contribution is -2.43. The Morgan fingerprint density at radius 2 is 1.96 bits per heavy atom. The Morgan fingerprint density at radius 1 is 1.29 bits per heavy atom. The van der Waals surface area contributed by atoms with E-state index < -0.39 is 29.8 Å². The molecule has 1 heterocycles. The fraction of sp³-hybridized carbons (Fsp3) is 0.500. The topological polar surface area (TPSA) is 76.1 Å². The molecule has 0 aromatic heterocycles. The van der Waals surface area contributed by atoms with Gasteiger partial charge in [-0.25, -0.2) is 9.59 Å². The van der Waals surface area contributed by atoms with Crippen LogP contribution in [0.2, 0.25) is 10.0 Å². The number of benzene rings is 1. The second-order valence-electron chi connectivity index (χ2n) is 6.54. The van der Waals surface area contributed by atoms with Crippen molar-refractivity contribution in [3.05, 3.63) is 28.2 Å². The lowest BCUT2D eigenvalue weighted by Gasteiger charge is -2.26. The molecule has 0 aliphatic carbocycles. The summed E-state index contributed by atoms with van der Waals surface area (Å²) in [6.45, 7) is 5.26. The Bertz CT molecular complexity index is 644. The zero-order valence-electron chi connectivity index (χ0n) is 13.6. The van der Waals surface area contributed by atoms with Crippen LogP contribution in [0.5, 0.6) is 5.75 Å². The third kappa shape index (κ3) is 4.68. The minimum atomic E-state index is -1.10. The molecule has 1 saturated heterocycles. The van der Waals surface area contributed by atoms with Gasteiger partial charge in [-0.3, -0.25) is 4.90 Å². The number of rotatable bonds is 3. The fourth-order valence-corrected chi connectivity index (χ4v) is 2.84. The summed E-state index contributed by atoms with van der Waals surface area (Å²) in [6, 6.07) is 3.76. The highest BCUT2D eigenvalue weighted by molar-refractivity contribution is 6.35. The number of hydrogen-bond acceptors (Lipinski definition) is 4. The SMILES string of the molecule is CC(C)(C)OC(=O)N1CC(Oc2ccc(Cl)cc2Cl)CC1C(=O)O.